The van der Waals surface area contributed by atoms with Gasteiger partial charge < -0.3 is 25.9 Å². The Labute approximate surface area is 298 Å². The van der Waals surface area contributed by atoms with Crippen molar-refractivity contribution in [1.29, 1.82) is 0 Å². The van der Waals surface area contributed by atoms with Crippen molar-refractivity contribution in [3.8, 4) is 28.7 Å². The van der Waals surface area contributed by atoms with E-state index in [-0.39, 0.29) is 17.6 Å². The van der Waals surface area contributed by atoms with Crippen molar-refractivity contribution in [1.82, 2.24) is 45.2 Å². The molecule has 6 N–H and O–H groups in total. The Morgan fingerprint density at radius 1 is 0.717 bits per heavy atom. The Kier molecular flexibility index (Phi) is 6.83. The lowest BCUT2D eigenvalue weighted by atomic mass is 10.1. The molecular formula is C39H28FN11O2. The van der Waals surface area contributed by atoms with E-state index in [1.165, 1.54) is 18.2 Å². The van der Waals surface area contributed by atoms with Crippen molar-refractivity contribution < 1.29 is 14.0 Å². The number of carbonyl (C=O) groups is 2. The minimum absolute atomic E-state index is 0.209. The molecule has 5 aromatic carbocycles. The maximum Gasteiger partial charge on any atom is 0.319 e. The van der Waals surface area contributed by atoms with Crippen LogP contribution in [0.25, 0.3) is 72.6 Å². The number of aromatic nitrogens is 8. The molecule has 1 aliphatic carbocycles. The quantitative estimate of drug-likeness (QED) is 0.0995. The van der Waals surface area contributed by atoms with E-state index in [1.54, 1.807) is 12.1 Å². The predicted octanol–water partition coefficient (Wildman–Crippen LogP) is 7.66. The Bertz CT molecular complexity index is 2880. The molecule has 0 radical (unpaired) electrons. The normalized spacial score (nSPS) is 12.9. The molecule has 0 atom stereocenters. The number of fused-ring (bicyclic) bond motifs is 4. The Hall–Kier alpha value is -7.35. The van der Waals surface area contributed by atoms with Crippen LogP contribution in [-0.4, -0.2) is 57.9 Å². The number of aromatic amines is 3. The van der Waals surface area contributed by atoms with Crippen LogP contribution in [-0.2, 0) is 0 Å². The van der Waals surface area contributed by atoms with Gasteiger partial charge in [-0.25, -0.2) is 23.8 Å². The third-order valence-electron chi connectivity index (χ3n) is 9.31. The number of urea groups is 1. The number of imidazole rings is 2. The summed E-state index contributed by atoms with van der Waals surface area (Å²) in [6.45, 7) is 0. The maximum atomic E-state index is 13.9. The molecule has 4 heterocycles. The van der Waals surface area contributed by atoms with Gasteiger partial charge in [0.15, 0.2) is 11.6 Å². The van der Waals surface area contributed by atoms with Gasteiger partial charge in [-0.2, -0.15) is 10.2 Å². The Balaban J connectivity index is 1.03. The molecule has 3 amide bonds. The molecule has 9 aromatic rings. The number of hydrogen-bond donors (Lipinski definition) is 6. The number of nitrogens with one attached hydrogen (secondary N) is 6. The highest BCUT2D eigenvalue weighted by molar-refractivity contribution is 6.06. The minimum Gasteiger partial charge on any atom is -0.337 e. The summed E-state index contributed by atoms with van der Waals surface area (Å²) in [5.74, 6) is 0.208. The molecule has 0 aliphatic heterocycles. The summed E-state index contributed by atoms with van der Waals surface area (Å²) in [4.78, 5) is 41.9. The monoisotopic (exact) mass is 701 g/mol. The van der Waals surface area contributed by atoms with Gasteiger partial charge in [-0.3, -0.25) is 9.89 Å². The van der Waals surface area contributed by atoms with E-state index in [0.717, 1.165) is 56.9 Å². The number of rotatable bonds is 7. The zero-order valence-corrected chi connectivity index (χ0v) is 27.7. The second-order valence-electron chi connectivity index (χ2n) is 13.1. The van der Waals surface area contributed by atoms with Crippen LogP contribution in [0.4, 0.5) is 20.6 Å². The highest BCUT2D eigenvalue weighted by atomic mass is 19.1. The van der Waals surface area contributed by atoms with Crippen molar-refractivity contribution in [2.24, 2.45) is 0 Å². The van der Waals surface area contributed by atoms with Crippen molar-refractivity contribution in [2.45, 2.75) is 18.9 Å². The molecule has 10 rings (SSSR count). The SMILES string of the molecule is O=C(Nc1ccc2[nH]nc(-c3nc4cc(-n5nc(-c6nc7ccccc7[nH]6)c6cc(NC(=O)c7cccc(F)c7)ccc65)ccc4[nH]3)c2c1)NC1CC1. The van der Waals surface area contributed by atoms with E-state index >= 15 is 0 Å². The fraction of sp³-hybridized carbons (Fsp3) is 0.0769. The summed E-state index contributed by atoms with van der Waals surface area (Å²) in [6, 6.07) is 30.2. The number of para-hydroxylation sites is 2. The molecule has 0 bridgehead atoms. The van der Waals surface area contributed by atoms with Gasteiger partial charge >= 0.3 is 6.03 Å². The minimum atomic E-state index is -0.489. The molecular weight excluding hydrogens is 674 g/mol. The highest BCUT2D eigenvalue weighted by Gasteiger charge is 2.24. The summed E-state index contributed by atoms with van der Waals surface area (Å²) in [7, 11) is 0. The number of halogens is 1. The second kappa shape index (κ2) is 11.9. The molecule has 13 nitrogen and oxygen atoms in total. The smallest absolute Gasteiger partial charge is 0.319 e. The van der Waals surface area contributed by atoms with Gasteiger partial charge in [0.1, 0.15) is 17.2 Å². The van der Waals surface area contributed by atoms with Gasteiger partial charge in [0.2, 0.25) is 0 Å². The number of carbonyl (C=O) groups excluding carboxylic acids is 2. The van der Waals surface area contributed by atoms with Crippen LogP contribution in [0, 0.1) is 5.82 Å². The zero-order chi connectivity index (χ0) is 35.6. The van der Waals surface area contributed by atoms with Gasteiger partial charge in [0.25, 0.3) is 5.91 Å². The van der Waals surface area contributed by atoms with E-state index in [9.17, 15) is 14.0 Å². The lowest BCUT2D eigenvalue weighted by molar-refractivity contribution is 0.102. The second-order valence-corrected chi connectivity index (χ2v) is 13.1. The highest BCUT2D eigenvalue weighted by Crippen LogP contribution is 2.34. The van der Waals surface area contributed by atoms with Crippen molar-refractivity contribution >= 4 is 67.2 Å². The first-order valence-electron chi connectivity index (χ1n) is 17.0. The summed E-state index contributed by atoms with van der Waals surface area (Å²) in [5, 5.41) is 22.9. The summed E-state index contributed by atoms with van der Waals surface area (Å²) < 4.78 is 15.7. The van der Waals surface area contributed by atoms with Gasteiger partial charge in [-0.05, 0) is 97.8 Å². The van der Waals surface area contributed by atoms with Crippen LogP contribution >= 0.6 is 0 Å². The molecule has 4 aromatic heterocycles. The fourth-order valence-corrected chi connectivity index (χ4v) is 6.56. The number of hydrogen-bond acceptors (Lipinski definition) is 6. The van der Waals surface area contributed by atoms with Crippen LogP contribution in [0.5, 0.6) is 0 Å². The summed E-state index contributed by atoms with van der Waals surface area (Å²) >= 11 is 0. The number of anilines is 2. The number of amides is 3. The lowest BCUT2D eigenvalue weighted by Gasteiger charge is -2.07. The number of H-pyrrole nitrogens is 3. The van der Waals surface area contributed by atoms with Crippen LogP contribution in [0.2, 0.25) is 0 Å². The fourth-order valence-electron chi connectivity index (χ4n) is 6.56. The van der Waals surface area contributed by atoms with Gasteiger partial charge in [0.05, 0.1) is 38.8 Å². The molecule has 0 saturated heterocycles. The molecule has 53 heavy (non-hydrogen) atoms. The number of benzene rings is 5. The third-order valence-corrected chi connectivity index (χ3v) is 9.31. The lowest BCUT2D eigenvalue weighted by Crippen LogP contribution is -2.30. The van der Waals surface area contributed by atoms with Crippen molar-refractivity contribution in [3.05, 3.63) is 115 Å². The predicted molar refractivity (Wildman–Crippen MR) is 200 cm³/mol. The zero-order valence-electron chi connectivity index (χ0n) is 27.7. The first-order chi connectivity index (χ1) is 25.9. The van der Waals surface area contributed by atoms with E-state index in [2.05, 4.69) is 36.1 Å². The molecule has 1 fully saturated rings. The van der Waals surface area contributed by atoms with Crippen LogP contribution in [0.1, 0.15) is 23.2 Å². The Morgan fingerprint density at radius 2 is 1.47 bits per heavy atom. The van der Waals surface area contributed by atoms with Crippen LogP contribution in [0.15, 0.2) is 103 Å². The van der Waals surface area contributed by atoms with E-state index in [4.69, 9.17) is 15.1 Å². The molecule has 1 saturated carbocycles. The third kappa shape index (κ3) is 5.58. The van der Waals surface area contributed by atoms with E-state index < -0.39 is 11.7 Å². The molecule has 1 aliphatic rings. The van der Waals surface area contributed by atoms with E-state index in [1.807, 2.05) is 77.5 Å². The van der Waals surface area contributed by atoms with Crippen LogP contribution in [0.3, 0.4) is 0 Å². The number of nitrogens with zero attached hydrogens (tertiary/aromatic N) is 5. The summed E-state index contributed by atoms with van der Waals surface area (Å²) in [5.41, 5.74) is 8.05. The summed E-state index contributed by atoms with van der Waals surface area (Å²) in [6.07, 6.45) is 2.01. The maximum absolute atomic E-state index is 13.9. The Morgan fingerprint density at radius 3 is 2.32 bits per heavy atom. The largest absolute Gasteiger partial charge is 0.337 e. The van der Waals surface area contributed by atoms with E-state index in [0.29, 0.717) is 39.9 Å². The van der Waals surface area contributed by atoms with Gasteiger partial charge in [0, 0.05) is 33.8 Å². The molecule has 14 heteroatoms. The standard InChI is InChI=1S/C39H28FN11O2/c40-21-5-3-4-20(16-21)38(52)41-23-11-15-33-27(18-23)35(37-44-29-6-1-2-7-30(29)45-37)50-51(33)25-12-14-31-32(19-25)47-36(46-31)34-26-17-24(10-13-28(26)48-49-34)43-39(53)42-22-8-9-22/h1-7,10-19,22H,8-9H2,(H,41,52)(H,44,45)(H,46,47)(H,48,49)(H2,42,43,53). The van der Waals surface area contributed by atoms with Crippen LogP contribution < -0.4 is 16.0 Å². The molecule has 0 spiro atoms. The van der Waals surface area contributed by atoms with Crippen molar-refractivity contribution in [3.63, 3.8) is 0 Å². The molecule has 0 unspecified atom stereocenters. The van der Waals surface area contributed by atoms with Gasteiger partial charge in [-0.15, -0.1) is 0 Å². The average Bonchev–Trinajstić information content (AvgIpc) is 3.50. The molecule has 258 valence electrons. The van der Waals surface area contributed by atoms with Gasteiger partial charge in [-0.1, -0.05) is 18.2 Å². The topological polar surface area (TPSA) is 174 Å². The first-order valence-corrected chi connectivity index (χ1v) is 17.0. The average molecular weight is 702 g/mol. The first kappa shape index (κ1) is 30.5. The van der Waals surface area contributed by atoms with Crippen molar-refractivity contribution in [2.75, 3.05) is 10.6 Å².